The van der Waals surface area contributed by atoms with Crippen molar-refractivity contribution in [3.05, 3.63) is 5.41 Å². The number of thiocarbonyl (C=S) groups is 1. The van der Waals surface area contributed by atoms with Crippen molar-refractivity contribution in [1.82, 2.24) is 0 Å². The van der Waals surface area contributed by atoms with Gasteiger partial charge in [-0.15, -0.1) is 0 Å². The molecule has 0 aromatic heterocycles. The van der Waals surface area contributed by atoms with Crippen molar-refractivity contribution in [2.45, 2.75) is 214 Å². The molecule has 0 aromatic rings. The lowest BCUT2D eigenvalue weighted by Crippen LogP contribution is -2.50. The fourth-order valence-corrected chi connectivity index (χ4v) is 6.44. The minimum Gasteiger partial charge on any atom is -0.753 e. The van der Waals surface area contributed by atoms with E-state index >= 15 is 0 Å². The van der Waals surface area contributed by atoms with Crippen LogP contribution in [0, 0.1) is 0 Å². The average molecular weight is 595 g/mol. The first-order chi connectivity index (χ1) is 20.2. The number of unbranched alkanes of at least 4 members (excludes halogenated alkanes) is 25. The Morgan fingerprint density at radius 2 is 0.512 bits per heavy atom. The summed E-state index contributed by atoms with van der Waals surface area (Å²) in [5.74, 6) is 0. The van der Waals surface area contributed by atoms with Crippen molar-refractivity contribution < 1.29 is 4.48 Å². The summed E-state index contributed by atoms with van der Waals surface area (Å²) in [6.07, 6.45) is 42.3. The maximum Gasteiger partial charge on any atom is 0.0786 e. The fourth-order valence-electron chi connectivity index (χ4n) is 6.44. The number of isothiocyanates is 1. The summed E-state index contributed by atoms with van der Waals surface area (Å²) in [6, 6.07) is 0. The Morgan fingerprint density at radius 3 is 0.732 bits per heavy atom. The summed E-state index contributed by atoms with van der Waals surface area (Å²) in [6.45, 7) is 15.3. The molecule has 0 unspecified atom stereocenters. The second-order valence-corrected chi connectivity index (χ2v) is 13.3. The van der Waals surface area contributed by atoms with Gasteiger partial charge in [-0.2, -0.15) is 5.16 Å². The lowest BCUT2D eigenvalue weighted by Gasteiger charge is -2.39. The van der Waals surface area contributed by atoms with Crippen molar-refractivity contribution >= 4 is 17.4 Å². The van der Waals surface area contributed by atoms with Crippen LogP contribution in [0.1, 0.15) is 214 Å². The molecular formula is C38H78N2S. The van der Waals surface area contributed by atoms with E-state index in [1.165, 1.54) is 222 Å². The first kappa shape index (κ1) is 42.9. The van der Waals surface area contributed by atoms with Crippen LogP contribution >= 0.6 is 12.2 Å². The first-order valence-corrected chi connectivity index (χ1v) is 19.4. The van der Waals surface area contributed by atoms with Crippen LogP contribution in [0.3, 0.4) is 0 Å². The summed E-state index contributed by atoms with van der Waals surface area (Å²) < 4.78 is 1.47. The van der Waals surface area contributed by atoms with E-state index in [1.807, 2.05) is 0 Å². The molecule has 0 radical (unpaired) electrons. The van der Waals surface area contributed by atoms with Gasteiger partial charge >= 0.3 is 0 Å². The summed E-state index contributed by atoms with van der Waals surface area (Å²) in [4.78, 5) is 0. The Bertz CT molecular complexity index is 445. The van der Waals surface area contributed by atoms with Gasteiger partial charge in [0.1, 0.15) is 0 Å². The van der Waals surface area contributed by atoms with E-state index in [9.17, 15) is 0 Å². The van der Waals surface area contributed by atoms with Gasteiger partial charge in [0, 0.05) is 0 Å². The predicted molar refractivity (Wildman–Crippen MR) is 192 cm³/mol. The Labute approximate surface area is 266 Å². The van der Waals surface area contributed by atoms with Gasteiger partial charge in [-0.25, -0.2) is 0 Å². The third-order valence-corrected chi connectivity index (χ3v) is 9.19. The molecule has 0 bridgehead atoms. The number of rotatable bonds is 33. The van der Waals surface area contributed by atoms with Gasteiger partial charge in [0.25, 0.3) is 0 Å². The summed E-state index contributed by atoms with van der Waals surface area (Å²) >= 11 is 3.70. The molecule has 3 heteroatoms. The third kappa shape index (κ3) is 34.1. The Morgan fingerprint density at radius 1 is 0.341 bits per heavy atom. The van der Waals surface area contributed by atoms with Gasteiger partial charge in [0.2, 0.25) is 0 Å². The van der Waals surface area contributed by atoms with E-state index in [1.54, 1.807) is 0 Å². The van der Waals surface area contributed by atoms with Crippen LogP contribution in [-0.4, -0.2) is 35.8 Å². The molecule has 0 aromatic carbocycles. The van der Waals surface area contributed by atoms with Crippen LogP contribution < -0.4 is 0 Å². The van der Waals surface area contributed by atoms with Crippen LogP contribution in [0.25, 0.3) is 5.41 Å². The zero-order chi connectivity index (χ0) is 30.5. The molecule has 0 saturated heterocycles. The lowest BCUT2D eigenvalue weighted by atomic mass is 10.0. The van der Waals surface area contributed by atoms with Crippen LogP contribution in [0.5, 0.6) is 0 Å². The SMILES string of the molecule is CCCCCCCCCCC[N+](CCCC)(CCCCCCCCCCC)CCCCCCCCCCC.[N-]=C=S. The number of hydrogen-bond acceptors (Lipinski definition) is 1. The van der Waals surface area contributed by atoms with Crippen molar-refractivity contribution in [3.8, 4) is 0 Å². The molecule has 2 nitrogen and oxygen atoms in total. The Balaban J connectivity index is 0. The Hall–Kier alpha value is -0.240. The van der Waals surface area contributed by atoms with Gasteiger partial charge in [-0.05, 0) is 44.9 Å². The van der Waals surface area contributed by atoms with Gasteiger partial charge in [-0.3, -0.25) is 0 Å². The summed E-state index contributed by atoms with van der Waals surface area (Å²) in [5.41, 5.74) is 0. The van der Waals surface area contributed by atoms with Crippen LogP contribution in [0.4, 0.5) is 0 Å². The molecule has 0 fully saturated rings. The topological polar surface area (TPSA) is 22.3 Å². The standard InChI is InChI=1S/C37H78N.CNS/c1-5-9-13-16-19-22-25-28-31-35-38(34-12-8-4,36-32-29-26-23-20-17-14-10-6-2)37-33-30-27-24-21-18-15-11-7-3;2-1-3/h5-37H2,1-4H3;/q+1;-1. The molecule has 0 saturated carbocycles. The van der Waals surface area contributed by atoms with Gasteiger partial charge < -0.3 is 9.89 Å². The average Bonchev–Trinajstić information content (AvgIpc) is 2.98. The number of hydrogen-bond donors (Lipinski definition) is 0. The quantitative estimate of drug-likeness (QED) is 0.0320. The van der Waals surface area contributed by atoms with E-state index < -0.39 is 0 Å². The molecule has 0 amide bonds. The minimum atomic E-state index is 1.33. The molecule has 0 aliphatic heterocycles. The van der Waals surface area contributed by atoms with E-state index in [0.717, 1.165) is 0 Å². The highest BCUT2D eigenvalue weighted by Crippen LogP contribution is 2.20. The van der Waals surface area contributed by atoms with E-state index in [-0.39, 0.29) is 0 Å². The largest absolute Gasteiger partial charge is 0.753 e. The smallest absolute Gasteiger partial charge is 0.0786 e. The molecule has 246 valence electrons. The maximum atomic E-state index is 7.13. The zero-order valence-electron chi connectivity index (χ0n) is 29.1. The zero-order valence-corrected chi connectivity index (χ0v) is 30.0. The highest BCUT2D eigenvalue weighted by molar-refractivity contribution is 7.78. The lowest BCUT2D eigenvalue weighted by molar-refractivity contribution is -0.929. The molecule has 0 N–H and O–H groups in total. The van der Waals surface area contributed by atoms with Crippen LogP contribution in [0.15, 0.2) is 0 Å². The second kappa shape index (κ2) is 37.8. The minimum absolute atomic E-state index is 1.33. The molecule has 0 heterocycles. The molecule has 0 rings (SSSR count). The highest BCUT2D eigenvalue weighted by Gasteiger charge is 2.25. The molecular weight excluding hydrogens is 516 g/mol. The van der Waals surface area contributed by atoms with Crippen LogP contribution in [-0.2, 0) is 0 Å². The summed E-state index contributed by atoms with van der Waals surface area (Å²) in [7, 11) is 0. The second-order valence-electron chi connectivity index (χ2n) is 13.2. The molecule has 0 atom stereocenters. The molecule has 0 aliphatic carbocycles. The number of nitrogens with zero attached hydrogens (tertiary/aromatic N) is 2. The Kier molecular flexibility index (Phi) is 39.5. The van der Waals surface area contributed by atoms with E-state index in [2.05, 4.69) is 39.9 Å². The fraction of sp³-hybridized carbons (Fsp3) is 0.974. The highest BCUT2D eigenvalue weighted by atomic mass is 32.1. The van der Waals surface area contributed by atoms with Crippen molar-refractivity contribution in [2.75, 3.05) is 26.2 Å². The van der Waals surface area contributed by atoms with Gasteiger partial charge in [0.15, 0.2) is 0 Å². The van der Waals surface area contributed by atoms with Crippen LogP contribution in [0.2, 0.25) is 0 Å². The van der Waals surface area contributed by atoms with E-state index in [0.29, 0.717) is 0 Å². The van der Waals surface area contributed by atoms with Gasteiger partial charge in [-0.1, -0.05) is 181 Å². The van der Waals surface area contributed by atoms with E-state index in [4.69, 9.17) is 5.41 Å². The monoisotopic (exact) mass is 595 g/mol. The first-order valence-electron chi connectivity index (χ1n) is 19.0. The summed E-state index contributed by atoms with van der Waals surface area (Å²) in [5, 5.41) is 8.47. The van der Waals surface area contributed by atoms with Crippen molar-refractivity contribution in [1.29, 1.82) is 0 Å². The molecule has 0 aliphatic rings. The van der Waals surface area contributed by atoms with Crippen molar-refractivity contribution in [2.24, 2.45) is 0 Å². The van der Waals surface area contributed by atoms with Gasteiger partial charge in [0.05, 0.1) is 26.2 Å². The molecule has 0 spiro atoms. The number of quaternary nitrogens is 1. The van der Waals surface area contributed by atoms with Crippen molar-refractivity contribution in [3.63, 3.8) is 0 Å². The molecule has 41 heavy (non-hydrogen) atoms. The predicted octanol–water partition coefficient (Wildman–Crippen LogP) is 13.9. The third-order valence-electron chi connectivity index (χ3n) is 9.19. The maximum absolute atomic E-state index is 7.13. The normalized spacial score (nSPS) is 11.3.